The quantitative estimate of drug-likeness (QED) is 0.0272. The van der Waals surface area contributed by atoms with Crippen LogP contribution in [0.1, 0.15) is 348 Å². The van der Waals surface area contributed by atoms with Crippen LogP contribution in [-0.4, -0.2) is 68.5 Å². The van der Waals surface area contributed by atoms with E-state index in [4.69, 9.17) is 9.05 Å². The van der Waals surface area contributed by atoms with Crippen molar-refractivity contribution in [1.29, 1.82) is 0 Å². The maximum atomic E-state index is 13.0. The highest BCUT2D eigenvalue weighted by Gasteiger charge is 2.23. The van der Waals surface area contributed by atoms with Crippen molar-refractivity contribution >= 4 is 13.7 Å². The first kappa shape index (κ1) is 76.7. The Morgan fingerprint density at radius 2 is 0.718 bits per heavy atom. The van der Waals surface area contributed by atoms with Gasteiger partial charge in [0.2, 0.25) is 5.91 Å². The number of carbonyl (C=O) groups is 1. The number of unbranched alkanes of at least 4 members (excludes halogenated alkanes) is 47. The third-order valence-corrected chi connectivity index (χ3v) is 16.8. The number of likely N-dealkylation sites (N-methyl/N-ethyl adjacent to an activating group) is 1. The highest BCUT2D eigenvalue weighted by atomic mass is 31.2. The molecular weight excluding hydrogens is 984 g/mol. The molecule has 0 spiro atoms. The summed E-state index contributed by atoms with van der Waals surface area (Å²) in [6, 6.07) is -0.903. The van der Waals surface area contributed by atoms with E-state index in [1.54, 1.807) is 6.08 Å². The predicted molar refractivity (Wildman–Crippen MR) is 339 cm³/mol. The number of aliphatic hydroxyl groups excluding tert-OH is 1. The Kier molecular flexibility index (Phi) is 59.3. The lowest BCUT2D eigenvalue weighted by atomic mass is 10.0. The number of amides is 1. The van der Waals surface area contributed by atoms with E-state index >= 15 is 0 Å². The van der Waals surface area contributed by atoms with Crippen LogP contribution >= 0.6 is 7.82 Å². The van der Waals surface area contributed by atoms with Crippen molar-refractivity contribution in [2.24, 2.45) is 0 Å². The minimum absolute atomic E-state index is 0.00477. The van der Waals surface area contributed by atoms with E-state index in [0.717, 1.165) is 38.5 Å². The number of phosphoric acid groups is 1. The van der Waals surface area contributed by atoms with E-state index in [-0.39, 0.29) is 19.1 Å². The number of rotatable bonds is 64. The van der Waals surface area contributed by atoms with E-state index in [9.17, 15) is 19.4 Å². The molecule has 2 N–H and O–H groups in total. The number of quaternary nitrogens is 1. The number of hydrogen-bond donors (Lipinski definition) is 2. The third kappa shape index (κ3) is 62.3. The lowest BCUT2D eigenvalue weighted by Crippen LogP contribution is -2.45. The molecule has 9 heteroatoms. The fourth-order valence-corrected chi connectivity index (χ4v) is 11.2. The van der Waals surface area contributed by atoms with Crippen molar-refractivity contribution in [1.82, 2.24) is 5.32 Å². The van der Waals surface area contributed by atoms with Gasteiger partial charge in [0.1, 0.15) is 13.2 Å². The van der Waals surface area contributed by atoms with Crippen molar-refractivity contribution in [3.63, 3.8) is 0 Å². The van der Waals surface area contributed by atoms with Gasteiger partial charge >= 0.3 is 0 Å². The summed E-state index contributed by atoms with van der Waals surface area (Å²) in [5, 5.41) is 13.9. The van der Waals surface area contributed by atoms with Crippen LogP contribution in [0.4, 0.5) is 0 Å². The van der Waals surface area contributed by atoms with Gasteiger partial charge in [0.15, 0.2) is 0 Å². The van der Waals surface area contributed by atoms with Crippen LogP contribution in [-0.2, 0) is 18.4 Å². The highest BCUT2D eigenvalue weighted by Crippen LogP contribution is 2.38. The summed E-state index contributed by atoms with van der Waals surface area (Å²) in [6.07, 6.45) is 79.8. The van der Waals surface area contributed by atoms with Crippen molar-refractivity contribution in [2.45, 2.75) is 360 Å². The molecule has 0 aromatic rings. The Hall–Kier alpha value is -1.28. The molecule has 0 aliphatic carbocycles. The summed E-state index contributed by atoms with van der Waals surface area (Å²) < 4.78 is 23.4. The molecule has 0 heterocycles. The van der Waals surface area contributed by atoms with Crippen molar-refractivity contribution < 1.29 is 32.9 Å². The maximum absolute atomic E-state index is 13.0. The predicted octanol–water partition coefficient (Wildman–Crippen LogP) is 21.0. The topological polar surface area (TPSA) is 108 Å². The molecule has 0 saturated carbocycles. The summed E-state index contributed by atoms with van der Waals surface area (Å²) in [6.45, 7) is 4.69. The summed E-state index contributed by atoms with van der Waals surface area (Å²) in [5.74, 6) is -0.201. The lowest BCUT2D eigenvalue weighted by Gasteiger charge is -2.29. The van der Waals surface area contributed by atoms with E-state index in [2.05, 4.69) is 43.5 Å². The fourth-order valence-electron chi connectivity index (χ4n) is 10.5. The number of hydrogen-bond acceptors (Lipinski definition) is 6. The Balaban J connectivity index is 4.07. The van der Waals surface area contributed by atoms with E-state index < -0.39 is 20.0 Å². The first-order valence-electron chi connectivity index (χ1n) is 34.4. The number of nitrogens with one attached hydrogen (secondary N) is 1. The van der Waals surface area contributed by atoms with Crippen LogP contribution in [0.25, 0.3) is 0 Å². The second-order valence-corrected chi connectivity index (χ2v) is 26.3. The van der Waals surface area contributed by atoms with E-state index in [1.807, 2.05) is 27.2 Å². The largest absolute Gasteiger partial charge is 0.756 e. The van der Waals surface area contributed by atoms with Gasteiger partial charge in [0, 0.05) is 6.42 Å². The number of phosphoric ester groups is 1. The Morgan fingerprint density at radius 3 is 1.04 bits per heavy atom. The molecule has 0 rings (SSSR count). The van der Waals surface area contributed by atoms with Gasteiger partial charge in [0.05, 0.1) is 39.9 Å². The third-order valence-electron chi connectivity index (χ3n) is 15.8. The Morgan fingerprint density at radius 1 is 0.436 bits per heavy atom. The van der Waals surface area contributed by atoms with Gasteiger partial charge in [-0.1, -0.05) is 320 Å². The molecule has 0 radical (unpaired) electrons. The molecule has 78 heavy (non-hydrogen) atoms. The smallest absolute Gasteiger partial charge is 0.268 e. The summed E-state index contributed by atoms with van der Waals surface area (Å²) in [7, 11) is 1.26. The number of carbonyl (C=O) groups excluding carboxylic acids is 1. The average molecular weight is 1120 g/mol. The molecule has 1 amide bonds. The normalized spacial score (nSPS) is 13.9. The molecular formula is C69H135N2O6P. The molecule has 0 aliphatic heterocycles. The number of allylic oxidation sites excluding steroid dienone is 5. The zero-order valence-corrected chi connectivity index (χ0v) is 53.8. The van der Waals surface area contributed by atoms with Crippen LogP contribution in [0.2, 0.25) is 0 Å². The van der Waals surface area contributed by atoms with Gasteiger partial charge in [-0.2, -0.15) is 0 Å². The highest BCUT2D eigenvalue weighted by molar-refractivity contribution is 7.45. The molecule has 3 atom stereocenters. The van der Waals surface area contributed by atoms with Crippen molar-refractivity contribution in [3.8, 4) is 0 Å². The minimum Gasteiger partial charge on any atom is -0.756 e. The molecule has 0 aromatic heterocycles. The van der Waals surface area contributed by atoms with Crippen molar-refractivity contribution in [3.05, 3.63) is 36.5 Å². The van der Waals surface area contributed by atoms with Gasteiger partial charge in [0.25, 0.3) is 7.82 Å². The summed E-state index contributed by atoms with van der Waals surface area (Å²) >= 11 is 0. The second kappa shape index (κ2) is 60.3. The molecule has 0 saturated heterocycles. The molecule has 462 valence electrons. The zero-order valence-electron chi connectivity index (χ0n) is 52.9. The lowest BCUT2D eigenvalue weighted by molar-refractivity contribution is -0.870. The van der Waals surface area contributed by atoms with Crippen LogP contribution in [0, 0.1) is 0 Å². The molecule has 3 unspecified atom stereocenters. The van der Waals surface area contributed by atoms with Crippen LogP contribution in [0.3, 0.4) is 0 Å². The summed E-state index contributed by atoms with van der Waals surface area (Å²) in [5.41, 5.74) is 0. The van der Waals surface area contributed by atoms with Crippen LogP contribution < -0.4 is 10.2 Å². The average Bonchev–Trinajstić information content (AvgIpc) is 3.41. The molecule has 0 aliphatic rings. The van der Waals surface area contributed by atoms with Crippen molar-refractivity contribution in [2.75, 3.05) is 40.9 Å². The van der Waals surface area contributed by atoms with Crippen LogP contribution in [0.15, 0.2) is 36.5 Å². The van der Waals surface area contributed by atoms with E-state index in [0.29, 0.717) is 17.4 Å². The number of aliphatic hydroxyl groups is 1. The number of nitrogens with zero attached hydrogens (tertiary/aromatic N) is 1. The Bertz CT molecular complexity index is 1360. The standard InChI is InChI=1S/C69H135N2O6P/c1-6-8-10-12-14-16-18-20-22-24-26-28-30-32-33-34-35-36-37-38-39-41-43-45-47-49-51-53-55-57-59-61-63-69(73)70-67(66-77-78(74,75)76-65-64-71(3,4)5)68(72)62-60-58-56-54-52-50-48-46-44-42-40-31-29-27-25-23-21-19-17-15-13-11-9-7-2/h32-33,52,54,60,62,67-68,72H,6-31,34-51,53,55-59,61,63-66H2,1-5H3,(H-,70,73,74,75)/b33-32-,54-52+,62-60+. The van der Waals surface area contributed by atoms with E-state index in [1.165, 1.54) is 289 Å². The first-order valence-corrected chi connectivity index (χ1v) is 35.8. The summed E-state index contributed by atoms with van der Waals surface area (Å²) in [4.78, 5) is 25.6. The van der Waals surface area contributed by atoms with Gasteiger partial charge < -0.3 is 28.8 Å². The second-order valence-electron chi connectivity index (χ2n) is 24.9. The molecule has 0 fully saturated rings. The zero-order chi connectivity index (χ0) is 57.0. The Labute approximate surface area is 487 Å². The fraction of sp³-hybridized carbons (Fsp3) is 0.899. The maximum Gasteiger partial charge on any atom is 0.268 e. The van der Waals surface area contributed by atoms with Gasteiger partial charge in [-0.05, 0) is 57.8 Å². The first-order chi connectivity index (χ1) is 38.0. The SMILES string of the molecule is CCCCCCCCCCCCCC/C=C\CCCCCCCCCCCCCCCCCCC(=O)NC(COP(=O)([O-])OCC[N+](C)(C)C)C(O)/C=C/CC/C=C/CCCCCCCCCCCCCCCCCCCC. The molecule has 0 aromatic carbocycles. The molecule has 0 bridgehead atoms. The monoisotopic (exact) mass is 1120 g/mol. The van der Waals surface area contributed by atoms with Gasteiger partial charge in [-0.3, -0.25) is 9.36 Å². The molecule has 8 nitrogen and oxygen atoms in total. The van der Waals surface area contributed by atoms with Gasteiger partial charge in [-0.15, -0.1) is 0 Å². The minimum atomic E-state index is -4.61. The van der Waals surface area contributed by atoms with Gasteiger partial charge in [-0.25, -0.2) is 0 Å². The van der Waals surface area contributed by atoms with Crippen LogP contribution in [0.5, 0.6) is 0 Å².